The van der Waals surface area contributed by atoms with Gasteiger partial charge in [-0.3, -0.25) is 0 Å². The van der Waals surface area contributed by atoms with E-state index in [1.54, 1.807) is 13.0 Å². The maximum absolute atomic E-state index is 11.5. The summed E-state index contributed by atoms with van der Waals surface area (Å²) < 4.78 is 10.1. The van der Waals surface area contributed by atoms with Crippen LogP contribution in [-0.2, 0) is 4.74 Å². The van der Waals surface area contributed by atoms with Gasteiger partial charge in [0, 0.05) is 6.20 Å². The van der Waals surface area contributed by atoms with Crippen LogP contribution in [0.3, 0.4) is 0 Å². The first kappa shape index (κ1) is 11.8. The molecule has 0 aliphatic heterocycles. The highest BCUT2D eigenvalue weighted by molar-refractivity contribution is 6.32. The third kappa shape index (κ3) is 2.83. The van der Waals surface area contributed by atoms with Crippen LogP contribution in [0, 0.1) is 0 Å². The Morgan fingerprint density at radius 3 is 2.80 bits per heavy atom. The van der Waals surface area contributed by atoms with Gasteiger partial charge in [-0.2, -0.15) is 0 Å². The maximum Gasteiger partial charge on any atom is 0.345 e. The molecule has 0 fully saturated rings. The van der Waals surface area contributed by atoms with Crippen molar-refractivity contribution in [1.82, 2.24) is 4.98 Å². The summed E-state index contributed by atoms with van der Waals surface area (Å²) >= 11 is 5.80. The number of halogens is 1. The number of esters is 1. The smallest absolute Gasteiger partial charge is 0.345 e. The molecule has 82 valence electrons. The first-order valence-electron chi connectivity index (χ1n) is 4.65. The molecule has 0 aliphatic carbocycles. The zero-order valence-electron chi connectivity index (χ0n) is 8.62. The predicted octanol–water partition coefficient (Wildman–Crippen LogP) is 2.31. The van der Waals surface area contributed by atoms with Crippen molar-refractivity contribution in [2.75, 3.05) is 13.2 Å². The Balaban J connectivity index is 3.06. The van der Waals surface area contributed by atoms with Crippen molar-refractivity contribution < 1.29 is 14.3 Å². The van der Waals surface area contributed by atoms with Crippen LogP contribution in [0.25, 0.3) is 0 Å². The van der Waals surface area contributed by atoms with Crippen LogP contribution in [0.4, 0.5) is 0 Å². The zero-order chi connectivity index (χ0) is 11.3. The minimum atomic E-state index is -0.515. The van der Waals surface area contributed by atoms with Gasteiger partial charge >= 0.3 is 5.97 Å². The Morgan fingerprint density at radius 1 is 1.47 bits per heavy atom. The summed E-state index contributed by atoms with van der Waals surface area (Å²) in [6.07, 6.45) is 1.48. The van der Waals surface area contributed by atoms with E-state index in [-0.39, 0.29) is 17.3 Å². The summed E-state index contributed by atoms with van der Waals surface area (Å²) in [7, 11) is 0. The molecule has 1 heterocycles. The average Bonchev–Trinajstić information content (AvgIpc) is 2.18. The predicted molar refractivity (Wildman–Crippen MR) is 56.4 cm³/mol. The minimum absolute atomic E-state index is 0.0967. The van der Waals surface area contributed by atoms with Crippen LogP contribution >= 0.6 is 11.6 Å². The van der Waals surface area contributed by atoms with Gasteiger partial charge < -0.3 is 9.47 Å². The average molecular weight is 230 g/mol. The van der Waals surface area contributed by atoms with E-state index in [2.05, 4.69) is 4.98 Å². The molecule has 0 atom stereocenters. The molecule has 0 aliphatic rings. The Morgan fingerprint density at radius 2 is 2.20 bits per heavy atom. The van der Waals surface area contributed by atoms with Gasteiger partial charge in [-0.25, -0.2) is 9.78 Å². The van der Waals surface area contributed by atoms with Crippen LogP contribution in [0.1, 0.15) is 24.2 Å². The molecule has 0 aromatic carbocycles. The molecule has 0 saturated carbocycles. The van der Waals surface area contributed by atoms with E-state index >= 15 is 0 Å². The fourth-order valence-electron chi connectivity index (χ4n) is 1.08. The molecule has 0 amide bonds. The first-order valence-corrected chi connectivity index (χ1v) is 5.02. The number of carbonyl (C=O) groups is 1. The molecule has 15 heavy (non-hydrogen) atoms. The normalized spacial score (nSPS) is 9.80. The topological polar surface area (TPSA) is 48.4 Å². The number of aromatic nitrogens is 1. The molecule has 0 spiro atoms. The molecular weight excluding hydrogens is 218 g/mol. The largest absolute Gasteiger partial charge is 0.493 e. The summed E-state index contributed by atoms with van der Waals surface area (Å²) in [6.45, 7) is 4.29. The Hall–Kier alpha value is -1.29. The van der Waals surface area contributed by atoms with Crippen molar-refractivity contribution in [3.05, 3.63) is 23.0 Å². The quantitative estimate of drug-likeness (QED) is 0.587. The number of nitrogens with zero attached hydrogens (tertiary/aromatic N) is 1. The summed E-state index contributed by atoms with van der Waals surface area (Å²) in [6, 6.07) is 1.58. The van der Waals surface area contributed by atoms with Gasteiger partial charge in [0.1, 0.15) is 16.5 Å². The lowest BCUT2D eigenvalue weighted by Crippen LogP contribution is -2.09. The highest BCUT2D eigenvalue weighted by Gasteiger charge is 2.18. The van der Waals surface area contributed by atoms with Crippen LogP contribution < -0.4 is 4.74 Å². The van der Waals surface area contributed by atoms with Gasteiger partial charge in [-0.15, -0.1) is 0 Å². The highest BCUT2D eigenvalue weighted by Crippen LogP contribution is 2.25. The molecule has 0 saturated heterocycles. The molecular formula is C10H12ClNO3. The molecule has 4 nitrogen and oxygen atoms in total. The van der Waals surface area contributed by atoms with Crippen LogP contribution in [0.5, 0.6) is 5.75 Å². The fraction of sp³-hybridized carbons (Fsp3) is 0.400. The number of hydrogen-bond donors (Lipinski definition) is 0. The van der Waals surface area contributed by atoms with Crippen molar-refractivity contribution in [1.29, 1.82) is 0 Å². The van der Waals surface area contributed by atoms with Crippen molar-refractivity contribution >= 4 is 17.6 Å². The van der Waals surface area contributed by atoms with E-state index in [9.17, 15) is 4.79 Å². The molecule has 5 heteroatoms. The summed E-state index contributed by atoms with van der Waals surface area (Å²) in [5.41, 5.74) is 0.183. The van der Waals surface area contributed by atoms with Crippen molar-refractivity contribution in [3.63, 3.8) is 0 Å². The van der Waals surface area contributed by atoms with Gasteiger partial charge in [0.2, 0.25) is 0 Å². The number of ether oxygens (including phenoxy) is 2. The van der Waals surface area contributed by atoms with E-state index in [1.165, 1.54) is 6.20 Å². The molecule has 0 bridgehead atoms. The maximum atomic E-state index is 11.5. The Kier molecular flexibility index (Phi) is 4.37. The second-order valence-corrected chi connectivity index (χ2v) is 2.99. The SMILES string of the molecule is CCOC(=O)c1c(OCC)ccnc1Cl. The standard InChI is InChI=1S/C10H12ClNO3/c1-3-14-7-5-6-12-9(11)8(7)10(13)15-4-2/h5-6H,3-4H2,1-2H3. The van der Waals surface area contributed by atoms with Gasteiger partial charge in [-0.05, 0) is 19.9 Å². The molecule has 1 rings (SSSR count). The monoisotopic (exact) mass is 229 g/mol. The summed E-state index contributed by atoms with van der Waals surface area (Å²) in [5.74, 6) is -0.116. The fourth-order valence-corrected chi connectivity index (χ4v) is 1.31. The second kappa shape index (κ2) is 5.56. The lowest BCUT2D eigenvalue weighted by Gasteiger charge is -2.09. The highest BCUT2D eigenvalue weighted by atomic mass is 35.5. The van der Waals surface area contributed by atoms with Crippen LogP contribution in [0.2, 0.25) is 5.15 Å². The summed E-state index contributed by atoms with van der Waals surface area (Å²) in [5, 5.41) is 0.0967. The lowest BCUT2D eigenvalue weighted by molar-refractivity contribution is 0.0521. The number of rotatable bonds is 4. The van der Waals surface area contributed by atoms with Gasteiger partial charge in [0.15, 0.2) is 0 Å². The van der Waals surface area contributed by atoms with Gasteiger partial charge in [-0.1, -0.05) is 11.6 Å². The summed E-state index contributed by atoms with van der Waals surface area (Å²) in [4.78, 5) is 15.3. The molecule has 0 unspecified atom stereocenters. The number of hydrogen-bond acceptors (Lipinski definition) is 4. The van der Waals surface area contributed by atoms with E-state index < -0.39 is 5.97 Å². The van der Waals surface area contributed by atoms with Crippen molar-refractivity contribution in [3.8, 4) is 5.75 Å². The molecule has 0 N–H and O–H groups in total. The zero-order valence-corrected chi connectivity index (χ0v) is 9.37. The first-order chi connectivity index (χ1) is 7.20. The van der Waals surface area contributed by atoms with Crippen molar-refractivity contribution in [2.45, 2.75) is 13.8 Å². The van der Waals surface area contributed by atoms with Crippen molar-refractivity contribution in [2.24, 2.45) is 0 Å². The second-order valence-electron chi connectivity index (χ2n) is 2.63. The minimum Gasteiger partial charge on any atom is -0.493 e. The molecule has 0 radical (unpaired) electrons. The Labute approximate surface area is 93.2 Å². The van der Waals surface area contributed by atoms with Gasteiger partial charge in [0.25, 0.3) is 0 Å². The Bertz CT molecular complexity index is 355. The van der Waals surface area contributed by atoms with Crippen LogP contribution in [-0.4, -0.2) is 24.2 Å². The van der Waals surface area contributed by atoms with E-state index in [4.69, 9.17) is 21.1 Å². The number of carbonyl (C=O) groups excluding carboxylic acids is 1. The van der Waals surface area contributed by atoms with E-state index in [1.807, 2.05) is 6.92 Å². The molecule has 1 aromatic rings. The number of pyridine rings is 1. The van der Waals surface area contributed by atoms with Gasteiger partial charge in [0.05, 0.1) is 13.2 Å². The third-order valence-corrected chi connectivity index (χ3v) is 1.93. The van der Waals surface area contributed by atoms with E-state index in [0.717, 1.165) is 0 Å². The molecule has 1 aromatic heterocycles. The third-order valence-electron chi connectivity index (χ3n) is 1.65. The lowest BCUT2D eigenvalue weighted by atomic mass is 10.2. The van der Waals surface area contributed by atoms with Crippen LogP contribution in [0.15, 0.2) is 12.3 Å². The van der Waals surface area contributed by atoms with E-state index in [0.29, 0.717) is 12.4 Å².